The molecular weight excluding hydrogens is 498 g/mol. The predicted octanol–water partition coefficient (Wildman–Crippen LogP) is 4.02. The van der Waals surface area contributed by atoms with Crippen LogP contribution >= 0.6 is 39.0 Å². The van der Waals surface area contributed by atoms with Gasteiger partial charge in [0.25, 0.3) is 5.91 Å². The lowest BCUT2D eigenvalue weighted by molar-refractivity contribution is -0.131. The van der Waals surface area contributed by atoms with Crippen molar-refractivity contribution < 1.29 is 18.4 Å². The van der Waals surface area contributed by atoms with Crippen LogP contribution in [0.15, 0.2) is 61.1 Å². The van der Waals surface area contributed by atoms with E-state index in [2.05, 4.69) is 25.6 Å². The lowest BCUT2D eigenvalue weighted by Crippen LogP contribution is -2.48. The van der Waals surface area contributed by atoms with Crippen LogP contribution < -0.4 is 10.2 Å². The average molecular weight is 516 g/mol. The fraction of sp³-hybridized carbons (Fsp3) is 0.222. The van der Waals surface area contributed by atoms with Gasteiger partial charge in [0.2, 0.25) is 10.0 Å². The molecule has 3 aromatic rings. The monoisotopic (exact) mass is 515 g/mol. The highest BCUT2D eigenvalue weighted by Gasteiger charge is 2.28. The summed E-state index contributed by atoms with van der Waals surface area (Å²) in [6.07, 6.45) is 0. The molecule has 11 heteroatoms. The van der Waals surface area contributed by atoms with Gasteiger partial charge in [0.05, 0.1) is 15.1 Å². The summed E-state index contributed by atoms with van der Waals surface area (Å²) in [6.45, 7) is 3.36. The summed E-state index contributed by atoms with van der Waals surface area (Å²) in [7, 11) is -3.96. The Morgan fingerprint density at radius 2 is 1.90 bits per heavy atom. The van der Waals surface area contributed by atoms with E-state index in [1.165, 1.54) is 40.7 Å². The van der Waals surface area contributed by atoms with Crippen molar-refractivity contribution in [2.24, 2.45) is 5.92 Å². The van der Waals surface area contributed by atoms with Gasteiger partial charge in [-0.15, -0.1) is 11.3 Å². The second-order valence-electron chi connectivity index (χ2n) is 6.48. The topological polar surface area (TPSA) is 108 Å². The van der Waals surface area contributed by atoms with Crippen LogP contribution in [0.1, 0.15) is 13.8 Å². The van der Waals surface area contributed by atoms with Crippen molar-refractivity contribution in [2.75, 3.05) is 0 Å². The molecule has 0 aliphatic carbocycles. The minimum absolute atomic E-state index is 0.0326. The molecule has 0 saturated heterocycles. The second-order valence-corrected chi connectivity index (χ2v) is 11.5. The number of halogens is 1. The highest BCUT2D eigenvalue weighted by atomic mass is 79.9. The highest BCUT2D eigenvalue weighted by Crippen LogP contribution is 2.35. The quantitative estimate of drug-likeness (QED) is 0.324. The van der Waals surface area contributed by atoms with Gasteiger partial charge in [0.15, 0.2) is 4.34 Å². The van der Waals surface area contributed by atoms with Gasteiger partial charge in [-0.05, 0) is 48.4 Å². The number of thiazole rings is 1. The fourth-order valence-electron chi connectivity index (χ4n) is 2.50. The van der Waals surface area contributed by atoms with E-state index >= 15 is 0 Å². The normalized spacial score (nSPS) is 13.0. The molecule has 0 saturated carbocycles. The molecule has 0 bridgehead atoms. The van der Waals surface area contributed by atoms with Crippen LogP contribution in [-0.2, 0) is 14.8 Å². The van der Waals surface area contributed by atoms with Gasteiger partial charge >= 0.3 is 0 Å². The molecule has 0 radical (unpaired) electrons. The molecule has 1 amide bonds. The zero-order chi connectivity index (χ0) is 21.2. The maximum atomic E-state index is 12.7. The first-order valence-corrected chi connectivity index (χ1v) is 12.4. The molecule has 0 aliphatic rings. The molecule has 3 rings (SSSR count). The summed E-state index contributed by atoms with van der Waals surface area (Å²) in [5.74, 6) is -1.16. The van der Waals surface area contributed by atoms with Crippen molar-refractivity contribution in [2.45, 2.75) is 34.0 Å². The smallest absolute Gasteiger partial charge is 0.261 e. The number of hydrogen-bond donors (Lipinski definition) is 3. The van der Waals surface area contributed by atoms with Gasteiger partial charge in [-0.1, -0.05) is 41.5 Å². The third-order valence-electron chi connectivity index (χ3n) is 4.01. The molecule has 1 atom stereocenters. The van der Waals surface area contributed by atoms with E-state index in [0.717, 1.165) is 18.4 Å². The molecule has 0 spiro atoms. The number of benzene rings is 2. The number of sulfonamides is 1. The zero-order valence-corrected chi connectivity index (χ0v) is 19.5. The maximum Gasteiger partial charge on any atom is 0.261 e. The Morgan fingerprint density at radius 3 is 2.52 bits per heavy atom. The molecule has 1 heterocycles. The van der Waals surface area contributed by atoms with Crippen molar-refractivity contribution in [1.82, 2.24) is 15.2 Å². The van der Waals surface area contributed by atoms with E-state index in [9.17, 15) is 13.2 Å². The van der Waals surface area contributed by atoms with Gasteiger partial charge in [0, 0.05) is 9.37 Å². The Morgan fingerprint density at radius 1 is 1.21 bits per heavy atom. The molecule has 3 N–H and O–H groups in total. The number of nitrogens with zero attached hydrogens (tertiary/aromatic N) is 1. The third-order valence-corrected chi connectivity index (χ3v) is 8.06. The summed E-state index contributed by atoms with van der Waals surface area (Å²) < 4.78 is 30.3. The number of nitrogens with one attached hydrogen (secondary N) is 2. The summed E-state index contributed by atoms with van der Waals surface area (Å²) >= 11 is 6.29. The first-order chi connectivity index (χ1) is 13.7. The fourth-order valence-corrected chi connectivity index (χ4v) is 6.28. The molecule has 0 unspecified atom stereocenters. The molecule has 0 fully saturated rings. The summed E-state index contributed by atoms with van der Waals surface area (Å²) in [6, 6.07) is 11.4. The number of rotatable bonds is 7. The second kappa shape index (κ2) is 9.11. The number of amides is 1. The predicted molar refractivity (Wildman–Crippen MR) is 117 cm³/mol. The van der Waals surface area contributed by atoms with E-state index in [0.29, 0.717) is 5.52 Å². The summed E-state index contributed by atoms with van der Waals surface area (Å²) in [5.41, 5.74) is 2.20. The highest BCUT2D eigenvalue weighted by molar-refractivity contribution is 9.10. The van der Waals surface area contributed by atoms with Gasteiger partial charge in [-0.2, -0.15) is 4.72 Å². The molecule has 29 heavy (non-hydrogen) atoms. The van der Waals surface area contributed by atoms with Crippen LogP contribution in [-0.4, -0.2) is 30.6 Å². The zero-order valence-electron chi connectivity index (χ0n) is 15.4. The Hall–Kier alpha value is -1.50. The van der Waals surface area contributed by atoms with Crippen molar-refractivity contribution in [3.63, 3.8) is 0 Å². The van der Waals surface area contributed by atoms with Crippen LogP contribution in [0.25, 0.3) is 10.2 Å². The van der Waals surface area contributed by atoms with Crippen molar-refractivity contribution in [3.8, 4) is 0 Å². The van der Waals surface area contributed by atoms with Crippen LogP contribution in [0.3, 0.4) is 0 Å². The van der Waals surface area contributed by atoms with Gasteiger partial charge in [-0.3, -0.25) is 10.0 Å². The van der Waals surface area contributed by atoms with E-state index < -0.39 is 22.0 Å². The van der Waals surface area contributed by atoms with Gasteiger partial charge in [0.1, 0.15) is 6.04 Å². The molecule has 7 nitrogen and oxygen atoms in total. The first kappa shape index (κ1) is 22.2. The average Bonchev–Trinajstić information content (AvgIpc) is 3.08. The molecule has 2 aromatic carbocycles. The van der Waals surface area contributed by atoms with E-state index in [1.807, 2.05) is 24.3 Å². The van der Waals surface area contributed by atoms with Crippen LogP contribution in [0, 0.1) is 5.92 Å². The standard InChI is InChI=1S/C18H18BrN3O4S3/c1-10(2)16(17(23)21-24)22-29(25,26)13-7-8-14-15(9-13)28-18(20-14)27-12-5-3-11(19)4-6-12/h3-10,16,22,24H,1-2H3,(H,21,23)/t16-/m1/s1. The molecule has 154 valence electrons. The third kappa shape index (κ3) is 5.36. The Bertz CT molecular complexity index is 1130. The van der Waals surface area contributed by atoms with E-state index in [1.54, 1.807) is 19.9 Å². The summed E-state index contributed by atoms with van der Waals surface area (Å²) in [5, 5.41) is 8.86. The van der Waals surface area contributed by atoms with E-state index in [4.69, 9.17) is 5.21 Å². The minimum atomic E-state index is -3.96. The number of hydrogen-bond acceptors (Lipinski definition) is 7. The SMILES string of the molecule is CC(C)[C@@H](NS(=O)(=O)c1ccc2nc(Sc3ccc(Br)cc3)sc2c1)C(=O)NO. The first-order valence-electron chi connectivity index (χ1n) is 8.50. The van der Waals surface area contributed by atoms with Crippen molar-refractivity contribution in [3.05, 3.63) is 46.9 Å². The van der Waals surface area contributed by atoms with Crippen LogP contribution in [0.4, 0.5) is 0 Å². The molecule has 1 aromatic heterocycles. The lowest BCUT2D eigenvalue weighted by atomic mass is 10.1. The Balaban J connectivity index is 1.86. The summed E-state index contributed by atoms with van der Waals surface area (Å²) in [4.78, 5) is 17.4. The van der Waals surface area contributed by atoms with Gasteiger partial charge < -0.3 is 0 Å². The van der Waals surface area contributed by atoms with Gasteiger partial charge in [-0.25, -0.2) is 18.9 Å². The minimum Gasteiger partial charge on any atom is -0.289 e. The van der Waals surface area contributed by atoms with Crippen molar-refractivity contribution in [1.29, 1.82) is 0 Å². The largest absolute Gasteiger partial charge is 0.289 e. The molecular formula is C18H18BrN3O4S3. The molecule has 0 aliphatic heterocycles. The van der Waals surface area contributed by atoms with Crippen molar-refractivity contribution >= 4 is 65.2 Å². The number of hydroxylamine groups is 1. The Labute approximate surface area is 185 Å². The Kier molecular flexibility index (Phi) is 6.97. The van der Waals surface area contributed by atoms with Crippen LogP contribution in [0.2, 0.25) is 0 Å². The van der Waals surface area contributed by atoms with Crippen LogP contribution in [0.5, 0.6) is 0 Å². The number of fused-ring (bicyclic) bond motifs is 1. The lowest BCUT2D eigenvalue weighted by Gasteiger charge is -2.20. The number of carbonyl (C=O) groups excluding carboxylic acids is 1. The van der Waals surface area contributed by atoms with E-state index in [-0.39, 0.29) is 10.8 Å². The number of carbonyl (C=O) groups is 1. The maximum absolute atomic E-state index is 12.7. The number of aromatic nitrogens is 1.